The van der Waals surface area contributed by atoms with Gasteiger partial charge >= 0.3 is 0 Å². The van der Waals surface area contributed by atoms with Crippen LogP contribution in [-0.2, 0) is 4.74 Å². The average Bonchev–Trinajstić information content (AvgIpc) is 2.46. The van der Waals surface area contributed by atoms with Gasteiger partial charge < -0.3 is 14.4 Å². The third-order valence-electron chi connectivity index (χ3n) is 2.73. The number of alkyl halides is 1. The first-order valence-electron chi connectivity index (χ1n) is 6.30. The maximum atomic E-state index is 12.4. The Hall–Kier alpha value is -1.26. The molecule has 0 spiro atoms. The zero-order valence-corrected chi connectivity index (χ0v) is 12.2. The number of nitrogens with zero attached hydrogens (tertiary/aromatic N) is 1. The van der Waals surface area contributed by atoms with Crippen molar-refractivity contribution in [3.63, 3.8) is 0 Å². The number of benzene rings is 1. The van der Waals surface area contributed by atoms with Gasteiger partial charge in [-0.25, -0.2) is 0 Å². The Labute approximate surface area is 119 Å². The second-order valence-corrected chi connectivity index (χ2v) is 4.26. The molecule has 0 atom stereocenters. The van der Waals surface area contributed by atoms with Gasteiger partial charge in [-0.15, -0.1) is 11.6 Å². The third kappa shape index (κ3) is 4.73. The number of carbonyl (C=O) groups is 1. The molecule has 1 aromatic carbocycles. The van der Waals surface area contributed by atoms with E-state index in [1.807, 2.05) is 19.1 Å². The summed E-state index contributed by atoms with van der Waals surface area (Å²) in [6.07, 6.45) is 0. The lowest BCUT2D eigenvalue weighted by molar-refractivity contribution is 0.0668. The van der Waals surface area contributed by atoms with E-state index >= 15 is 0 Å². The van der Waals surface area contributed by atoms with E-state index < -0.39 is 0 Å². The molecule has 0 fully saturated rings. The number of amides is 1. The standard InChI is InChI=1S/C14H20ClNO3/c1-3-16(9-11-19-10-8-15)14(17)12-6-4-5-7-13(12)18-2/h4-7H,3,8-11H2,1-2H3. The summed E-state index contributed by atoms with van der Waals surface area (Å²) in [6.45, 7) is 4.10. The van der Waals surface area contributed by atoms with Crippen LogP contribution in [-0.4, -0.2) is 50.1 Å². The molecule has 0 N–H and O–H groups in total. The quantitative estimate of drug-likeness (QED) is 0.544. The fourth-order valence-electron chi connectivity index (χ4n) is 1.73. The van der Waals surface area contributed by atoms with Gasteiger partial charge in [0.2, 0.25) is 0 Å². The summed E-state index contributed by atoms with van der Waals surface area (Å²) in [5.41, 5.74) is 0.573. The van der Waals surface area contributed by atoms with Crippen LogP contribution in [0.1, 0.15) is 17.3 Å². The molecule has 106 valence electrons. The first kappa shape index (κ1) is 15.8. The van der Waals surface area contributed by atoms with E-state index in [1.165, 1.54) is 0 Å². The van der Waals surface area contributed by atoms with Crippen molar-refractivity contribution in [1.29, 1.82) is 0 Å². The minimum absolute atomic E-state index is 0.0468. The Morgan fingerprint density at radius 3 is 2.68 bits per heavy atom. The molecule has 0 aliphatic rings. The van der Waals surface area contributed by atoms with E-state index in [2.05, 4.69) is 0 Å². The monoisotopic (exact) mass is 285 g/mol. The fourth-order valence-corrected chi connectivity index (χ4v) is 1.84. The maximum absolute atomic E-state index is 12.4. The molecule has 1 aromatic rings. The third-order valence-corrected chi connectivity index (χ3v) is 2.89. The molecule has 0 aliphatic heterocycles. The summed E-state index contributed by atoms with van der Waals surface area (Å²) in [5, 5.41) is 0. The van der Waals surface area contributed by atoms with Gasteiger partial charge in [0.1, 0.15) is 5.75 Å². The highest BCUT2D eigenvalue weighted by Gasteiger charge is 2.17. The minimum Gasteiger partial charge on any atom is -0.496 e. The van der Waals surface area contributed by atoms with Crippen molar-refractivity contribution in [1.82, 2.24) is 4.90 Å². The van der Waals surface area contributed by atoms with Gasteiger partial charge in [0.15, 0.2) is 0 Å². The smallest absolute Gasteiger partial charge is 0.257 e. The Morgan fingerprint density at radius 1 is 1.32 bits per heavy atom. The summed E-state index contributed by atoms with van der Waals surface area (Å²) < 4.78 is 10.5. The van der Waals surface area contributed by atoms with Crippen molar-refractivity contribution in [3.05, 3.63) is 29.8 Å². The molecule has 0 aliphatic carbocycles. The normalized spacial score (nSPS) is 10.3. The summed E-state index contributed by atoms with van der Waals surface area (Å²) in [7, 11) is 1.56. The van der Waals surface area contributed by atoms with E-state index in [-0.39, 0.29) is 5.91 Å². The molecule has 0 radical (unpaired) electrons. The maximum Gasteiger partial charge on any atom is 0.257 e. The van der Waals surface area contributed by atoms with Crippen LogP contribution in [0.5, 0.6) is 5.75 Å². The van der Waals surface area contributed by atoms with Crippen LogP contribution in [0.3, 0.4) is 0 Å². The predicted octanol–water partition coefficient (Wildman–Crippen LogP) is 2.41. The second kappa shape index (κ2) is 8.77. The number of likely N-dealkylation sites (N-methyl/N-ethyl adjacent to an activating group) is 1. The Bertz CT molecular complexity index is 398. The summed E-state index contributed by atoms with van der Waals surface area (Å²) in [6, 6.07) is 7.22. The van der Waals surface area contributed by atoms with E-state index in [0.29, 0.717) is 43.5 Å². The van der Waals surface area contributed by atoms with Crippen molar-refractivity contribution < 1.29 is 14.3 Å². The van der Waals surface area contributed by atoms with Crippen LogP contribution in [0.2, 0.25) is 0 Å². The lowest BCUT2D eigenvalue weighted by Crippen LogP contribution is -2.34. The molecule has 5 heteroatoms. The van der Waals surface area contributed by atoms with Crippen LogP contribution in [0.15, 0.2) is 24.3 Å². The number of halogens is 1. The van der Waals surface area contributed by atoms with Gasteiger partial charge in [-0.1, -0.05) is 12.1 Å². The minimum atomic E-state index is -0.0468. The van der Waals surface area contributed by atoms with Crippen molar-refractivity contribution in [3.8, 4) is 5.75 Å². The molecule has 0 unspecified atom stereocenters. The van der Waals surface area contributed by atoms with Gasteiger partial charge in [0.05, 0.1) is 25.9 Å². The fraction of sp³-hybridized carbons (Fsp3) is 0.500. The van der Waals surface area contributed by atoms with Crippen molar-refractivity contribution in [2.24, 2.45) is 0 Å². The van der Waals surface area contributed by atoms with E-state index in [1.54, 1.807) is 24.1 Å². The van der Waals surface area contributed by atoms with Gasteiger partial charge in [-0.3, -0.25) is 4.79 Å². The highest BCUT2D eigenvalue weighted by Crippen LogP contribution is 2.19. The zero-order chi connectivity index (χ0) is 14.1. The second-order valence-electron chi connectivity index (χ2n) is 3.89. The Kier molecular flexibility index (Phi) is 7.30. The first-order chi connectivity index (χ1) is 9.24. The number of hydrogen-bond donors (Lipinski definition) is 0. The molecule has 0 saturated carbocycles. The molecule has 19 heavy (non-hydrogen) atoms. The molecule has 4 nitrogen and oxygen atoms in total. The molecule has 0 saturated heterocycles. The molecule has 0 heterocycles. The molecular formula is C14H20ClNO3. The molecule has 1 rings (SSSR count). The van der Waals surface area contributed by atoms with E-state index in [4.69, 9.17) is 21.1 Å². The average molecular weight is 286 g/mol. The lowest BCUT2D eigenvalue weighted by atomic mass is 10.1. The largest absolute Gasteiger partial charge is 0.496 e. The van der Waals surface area contributed by atoms with Gasteiger partial charge in [0.25, 0.3) is 5.91 Å². The number of rotatable bonds is 8. The summed E-state index contributed by atoms with van der Waals surface area (Å²) in [5.74, 6) is 1.01. The van der Waals surface area contributed by atoms with Crippen LogP contribution >= 0.6 is 11.6 Å². The number of para-hydroxylation sites is 1. The van der Waals surface area contributed by atoms with Gasteiger partial charge in [-0.2, -0.15) is 0 Å². The number of methoxy groups -OCH3 is 1. The molecule has 0 aromatic heterocycles. The topological polar surface area (TPSA) is 38.8 Å². The highest BCUT2D eigenvalue weighted by molar-refractivity contribution is 6.17. The van der Waals surface area contributed by atoms with Crippen molar-refractivity contribution >= 4 is 17.5 Å². The lowest BCUT2D eigenvalue weighted by Gasteiger charge is -2.21. The Balaban J connectivity index is 2.67. The van der Waals surface area contributed by atoms with Crippen LogP contribution in [0.25, 0.3) is 0 Å². The first-order valence-corrected chi connectivity index (χ1v) is 6.84. The van der Waals surface area contributed by atoms with Crippen LogP contribution < -0.4 is 4.74 Å². The zero-order valence-electron chi connectivity index (χ0n) is 11.4. The molecule has 1 amide bonds. The van der Waals surface area contributed by atoms with E-state index in [9.17, 15) is 4.79 Å². The van der Waals surface area contributed by atoms with Crippen molar-refractivity contribution in [2.75, 3.05) is 39.3 Å². The van der Waals surface area contributed by atoms with Crippen molar-refractivity contribution in [2.45, 2.75) is 6.92 Å². The Morgan fingerprint density at radius 2 is 2.05 bits per heavy atom. The van der Waals surface area contributed by atoms with Gasteiger partial charge in [0, 0.05) is 19.0 Å². The summed E-state index contributed by atoms with van der Waals surface area (Å²) >= 11 is 5.53. The predicted molar refractivity (Wildman–Crippen MR) is 76.1 cm³/mol. The summed E-state index contributed by atoms with van der Waals surface area (Å²) in [4.78, 5) is 14.1. The number of ether oxygens (including phenoxy) is 2. The SMILES string of the molecule is CCN(CCOCCCl)C(=O)c1ccccc1OC. The van der Waals surface area contributed by atoms with Gasteiger partial charge in [-0.05, 0) is 19.1 Å². The molecular weight excluding hydrogens is 266 g/mol. The van der Waals surface area contributed by atoms with E-state index in [0.717, 1.165) is 0 Å². The number of hydrogen-bond acceptors (Lipinski definition) is 3. The van der Waals surface area contributed by atoms with Crippen LogP contribution in [0, 0.1) is 0 Å². The van der Waals surface area contributed by atoms with Crippen LogP contribution in [0.4, 0.5) is 0 Å². The highest BCUT2D eigenvalue weighted by atomic mass is 35.5. The molecule has 0 bridgehead atoms. The number of carbonyl (C=O) groups excluding carboxylic acids is 1.